The molecule has 0 aliphatic rings. The molecule has 0 N–H and O–H groups in total. The molecule has 0 bridgehead atoms. The van der Waals surface area contributed by atoms with Gasteiger partial charge >= 0.3 is 0 Å². The summed E-state index contributed by atoms with van der Waals surface area (Å²) in [6.07, 6.45) is 1.64. The number of ether oxygens (including phenoxy) is 1. The molecule has 1 aromatic heterocycles. The highest BCUT2D eigenvalue weighted by atomic mass is 35.5. The van der Waals surface area contributed by atoms with E-state index in [0.717, 1.165) is 12.8 Å². The van der Waals surface area contributed by atoms with Crippen molar-refractivity contribution in [1.29, 1.82) is 0 Å². The fourth-order valence-corrected chi connectivity index (χ4v) is 1.78. The predicted molar refractivity (Wildman–Crippen MR) is 70.7 cm³/mol. The third kappa shape index (κ3) is 3.45. The van der Waals surface area contributed by atoms with Crippen LogP contribution in [0.4, 0.5) is 5.69 Å². The summed E-state index contributed by atoms with van der Waals surface area (Å²) in [5, 5.41) is 14.4. The fraction of sp³-hybridized carbons (Fsp3) is 0.333. The summed E-state index contributed by atoms with van der Waals surface area (Å²) in [7, 11) is 0. The third-order valence-electron chi connectivity index (χ3n) is 2.46. The summed E-state index contributed by atoms with van der Waals surface area (Å²) in [4.78, 5) is 14.2. The molecule has 0 atom stereocenters. The second-order valence-electron chi connectivity index (χ2n) is 4.01. The lowest BCUT2D eigenvalue weighted by Crippen LogP contribution is -1.98. The molecule has 0 aliphatic carbocycles. The Morgan fingerprint density at radius 1 is 1.50 bits per heavy atom. The first-order chi connectivity index (χ1) is 9.60. The summed E-state index contributed by atoms with van der Waals surface area (Å²) in [5.41, 5.74) is -0.163. The van der Waals surface area contributed by atoms with Gasteiger partial charge in [-0.3, -0.25) is 10.1 Å². The van der Waals surface area contributed by atoms with E-state index < -0.39 is 4.92 Å². The largest absolute Gasteiger partial charge is 0.485 e. The minimum absolute atomic E-state index is 0.0206. The van der Waals surface area contributed by atoms with Gasteiger partial charge in [-0.1, -0.05) is 23.7 Å². The van der Waals surface area contributed by atoms with Crippen molar-refractivity contribution in [1.82, 2.24) is 10.1 Å². The molecule has 0 fully saturated rings. The summed E-state index contributed by atoms with van der Waals surface area (Å²) >= 11 is 5.78. The van der Waals surface area contributed by atoms with Crippen LogP contribution >= 0.6 is 11.6 Å². The Bertz CT molecular complexity index is 614. The molecule has 0 aliphatic heterocycles. The Morgan fingerprint density at radius 3 is 2.95 bits per heavy atom. The average molecular weight is 298 g/mol. The lowest BCUT2D eigenvalue weighted by molar-refractivity contribution is -0.384. The third-order valence-corrected chi connectivity index (χ3v) is 2.76. The molecule has 0 saturated heterocycles. The highest BCUT2D eigenvalue weighted by molar-refractivity contribution is 6.32. The number of benzene rings is 1. The predicted octanol–water partition coefficient (Wildman–Crippen LogP) is 3.16. The van der Waals surface area contributed by atoms with E-state index in [0.29, 0.717) is 17.5 Å². The van der Waals surface area contributed by atoms with Crippen molar-refractivity contribution < 1.29 is 14.2 Å². The molecule has 0 radical (unpaired) electrons. The zero-order valence-electron chi connectivity index (χ0n) is 10.7. The van der Waals surface area contributed by atoms with Gasteiger partial charge in [0.05, 0.1) is 4.92 Å². The summed E-state index contributed by atoms with van der Waals surface area (Å²) in [6.45, 7) is 2.13. The maximum Gasteiger partial charge on any atom is 0.288 e. The van der Waals surface area contributed by atoms with Crippen LogP contribution in [-0.4, -0.2) is 15.1 Å². The number of aromatic nitrogens is 2. The first-order valence-electron chi connectivity index (χ1n) is 5.98. The Labute approximate surface area is 119 Å². The van der Waals surface area contributed by atoms with Crippen molar-refractivity contribution in [2.24, 2.45) is 0 Å². The van der Waals surface area contributed by atoms with Gasteiger partial charge in [-0.05, 0) is 12.5 Å². The van der Waals surface area contributed by atoms with Crippen LogP contribution in [0.15, 0.2) is 22.7 Å². The van der Waals surface area contributed by atoms with E-state index in [1.807, 2.05) is 6.92 Å². The van der Waals surface area contributed by atoms with E-state index in [1.165, 1.54) is 18.2 Å². The first-order valence-corrected chi connectivity index (χ1v) is 6.36. The van der Waals surface area contributed by atoms with Crippen LogP contribution in [0, 0.1) is 10.1 Å². The first kappa shape index (κ1) is 14.3. The highest BCUT2D eigenvalue weighted by Gasteiger charge is 2.13. The highest BCUT2D eigenvalue weighted by Crippen LogP contribution is 2.28. The van der Waals surface area contributed by atoms with Crippen molar-refractivity contribution in [3.63, 3.8) is 0 Å². The minimum atomic E-state index is -0.553. The van der Waals surface area contributed by atoms with Gasteiger partial charge in [0.15, 0.2) is 6.61 Å². The molecule has 2 aromatic rings. The molecule has 1 heterocycles. The van der Waals surface area contributed by atoms with Gasteiger partial charge in [-0.15, -0.1) is 0 Å². The van der Waals surface area contributed by atoms with E-state index in [9.17, 15) is 10.1 Å². The molecule has 2 rings (SSSR count). The average Bonchev–Trinajstić information content (AvgIpc) is 2.84. The molecular weight excluding hydrogens is 286 g/mol. The van der Waals surface area contributed by atoms with Crippen LogP contribution in [0.25, 0.3) is 0 Å². The van der Waals surface area contributed by atoms with Crippen LogP contribution in [-0.2, 0) is 13.0 Å². The molecule has 1 aromatic carbocycles. The number of halogens is 1. The Kier molecular flexibility index (Phi) is 4.52. The van der Waals surface area contributed by atoms with Gasteiger partial charge in [0, 0.05) is 18.6 Å². The van der Waals surface area contributed by atoms with E-state index in [4.69, 9.17) is 20.9 Å². The second-order valence-corrected chi connectivity index (χ2v) is 4.42. The molecule has 7 nitrogen and oxygen atoms in total. The van der Waals surface area contributed by atoms with Gasteiger partial charge in [0.1, 0.15) is 10.8 Å². The van der Waals surface area contributed by atoms with E-state index in [2.05, 4.69) is 10.1 Å². The molecule has 0 unspecified atom stereocenters. The second kappa shape index (κ2) is 6.33. The smallest absolute Gasteiger partial charge is 0.288 e. The van der Waals surface area contributed by atoms with Crippen LogP contribution in [0.1, 0.15) is 25.1 Å². The summed E-state index contributed by atoms with van der Waals surface area (Å²) in [6, 6.07) is 4.14. The number of rotatable bonds is 6. The SMILES string of the molecule is CCCc1nc(COc2ccc([N+](=O)[O-])c(Cl)c2)no1. The minimum Gasteiger partial charge on any atom is -0.485 e. The maximum absolute atomic E-state index is 10.6. The number of nitro groups is 1. The Morgan fingerprint density at radius 2 is 2.30 bits per heavy atom. The lowest BCUT2D eigenvalue weighted by Gasteiger charge is -2.03. The number of nitro benzene ring substituents is 1. The standard InChI is InChI=1S/C12H12ClN3O4/c1-2-3-12-14-11(15-20-12)7-19-8-4-5-10(16(17)18)9(13)6-8/h4-6H,2-3,7H2,1H3. The van der Waals surface area contributed by atoms with Gasteiger partial charge in [0.2, 0.25) is 11.7 Å². The normalized spacial score (nSPS) is 10.5. The molecule has 0 spiro atoms. The van der Waals surface area contributed by atoms with Gasteiger partial charge in [0.25, 0.3) is 5.69 Å². The number of hydrogen-bond acceptors (Lipinski definition) is 6. The summed E-state index contributed by atoms with van der Waals surface area (Å²) in [5.74, 6) is 1.39. The van der Waals surface area contributed by atoms with Crippen molar-refractivity contribution in [2.45, 2.75) is 26.4 Å². The van der Waals surface area contributed by atoms with Crippen LogP contribution < -0.4 is 4.74 Å². The van der Waals surface area contributed by atoms with Crippen LogP contribution in [0.5, 0.6) is 5.75 Å². The van der Waals surface area contributed by atoms with Crippen molar-refractivity contribution in [3.05, 3.63) is 45.1 Å². The molecular formula is C12H12ClN3O4. The van der Waals surface area contributed by atoms with Crippen molar-refractivity contribution in [3.8, 4) is 5.75 Å². The summed E-state index contributed by atoms with van der Waals surface area (Å²) < 4.78 is 10.4. The van der Waals surface area contributed by atoms with E-state index in [1.54, 1.807) is 0 Å². The molecule has 0 amide bonds. The van der Waals surface area contributed by atoms with Crippen LogP contribution in [0.2, 0.25) is 5.02 Å². The fourth-order valence-electron chi connectivity index (χ4n) is 1.54. The van der Waals surface area contributed by atoms with Crippen molar-refractivity contribution in [2.75, 3.05) is 0 Å². The van der Waals surface area contributed by atoms with Gasteiger partial charge in [-0.2, -0.15) is 4.98 Å². The van der Waals surface area contributed by atoms with Crippen LogP contribution in [0.3, 0.4) is 0 Å². The zero-order valence-corrected chi connectivity index (χ0v) is 11.5. The maximum atomic E-state index is 10.6. The Hall–Kier alpha value is -2.15. The number of hydrogen-bond donors (Lipinski definition) is 0. The Balaban J connectivity index is 1.99. The van der Waals surface area contributed by atoms with Gasteiger partial charge in [-0.25, -0.2) is 0 Å². The topological polar surface area (TPSA) is 91.3 Å². The van der Waals surface area contributed by atoms with Crippen molar-refractivity contribution >= 4 is 17.3 Å². The lowest BCUT2D eigenvalue weighted by atomic mass is 10.3. The molecule has 106 valence electrons. The molecule has 8 heteroatoms. The van der Waals surface area contributed by atoms with E-state index >= 15 is 0 Å². The monoisotopic (exact) mass is 297 g/mol. The molecule has 20 heavy (non-hydrogen) atoms. The quantitative estimate of drug-likeness (QED) is 0.600. The zero-order chi connectivity index (χ0) is 14.5. The van der Waals surface area contributed by atoms with Gasteiger partial charge < -0.3 is 9.26 Å². The van der Waals surface area contributed by atoms with E-state index in [-0.39, 0.29) is 17.3 Å². The number of nitrogens with zero attached hydrogens (tertiary/aromatic N) is 3. The molecule has 0 saturated carbocycles. The number of aryl methyl sites for hydroxylation is 1.